The summed E-state index contributed by atoms with van der Waals surface area (Å²) in [5.74, 6) is -0.600. The summed E-state index contributed by atoms with van der Waals surface area (Å²) in [5.41, 5.74) is 2.59. The summed E-state index contributed by atoms with van der Waals surface area (Å²) in [5, 5.41) is 5.29. The maximum Gasteiger partial charge on any atom is 0.338 e. The monoisotopic (exact) mass is 467 g/mol. The third-order valence-corrected chi connectivity index (χ3v) is 6.15. The summed E-state index contributed by atoms with van der Waals surface area (Å²) in [7, 11) is 2.85. The maximum absolute atomic E-state index is 14.1. The number of benzene rings is 2. The number of nitrogens with one attached hydrogen (secondary N) is 1. The van der Waals surface area contributed by atoms with Gasteiger partial charge in [-0.25, -0.2) is 14.2 Å². The molecule has 0 spiro atoms. The summed E-state index contributed by atoms with van der Waals surface area (Å²) >= 11 is 1.35. The van der Waals surface area contributed by atoms with Gasteiger partial charge in [0.2, 0.25) is 5.91 Å². The van der Waals surface area contributed by atoms with E-state index in [-0.39, 0.29) is 12.3 Å². The molecule has 33 heavy (non-hydrogen) atoms. The number of hydrogen-bond donors (Lipinski definition) is 1. The van der Waals surface area contributed by atoms with Crippen LogP contribution in [0.25, 0.3) is 0 Å². The first-order chi connectivity index (χ1) is 15.9. The van der Waals surface area contributed by atoms with Crippen molar-refractivity contribution >= 4 is 34.5 Å². The number of fused-ring (bicyclic) bond motifs is 1. The molecule has 0 aliphatic carbocycles. The average molecular weight is 468 g/mol. The highest BCUT2D eigenvalue weighted by molar-refractivity contribution is 8.16. The second kappa shape index (κ2) is 9.50. The fraction of sp³-hybridized carbons (Fsp3) is 0.208. The van der Waals surface area contributed by atoms with Gasteiger partial charge in [0, 0.05) is 17.5 Å². The van der Waals surface area contributed by atoms with Gasteiger partial charge < -0.3 is 19.7 Å². The quantitative estimate of drug-likeness (QED) is 0.625. The molecule has 2 heterocycles. The molecule has 0 saturated carbocycles. The first-order valence-corrected chi connectivity index (χ1v) is 11.0. The summed E-state index contributed by atoms with van der Waals surface area (Å²) in [6, 6.07) is 12.4. The number of anilines is 1. The molecule has 4 rings (SSSR count). The highest BCUT2D eigenvalue weighted by atomic mass is 32.2. The molecule has 2 aliphatic heterocycles. The SMILES string of the molecule is COC(=O)C1=C(C)N=C2SC=C(CC(=O)Nc3cccc(OC)c3)N2C1c1cccc(F)c1. The number of amides is 1. The maximum atomic E-state index is 14.1. The van der Waals surface area contributed by atoms with Crippen molar-refractivity contribution in [2.24, 2.45) is 4.99 Å². The van der Waals surface area contributed by atoms with Crippen LogP contribution in [0.2, 0.25) is 0 Å². The van der Waals surface area contributed by atoms with Crippen molar-refractivity contribution in [2.45, 2.75) is 19.4 Å². The van der Waals surface area contributed by atoms with Crippen LogP contribution in [0.5, 0.6) is 5.75 Å². The van der Waals surface area contributed by atoms with E-state index in [1.165, 1.54) is 31.0 Å². The van der Waals surface area contributed by atoms with Gasteiger partial charge in [-0.1, -0.05) is 30.0 Å². The fourth-order valence-electron chi connectivity index (χ4n) is 3.80. The average Bonchev–Trinajstić information content (AvgIpc) is 3.19. The number of hydrogen-bond acceptors (Lipinski definition) is 7. The Hall–Kier alpha value is -3.59. The zero-order chi connectivity index (χ0) is 23.5. The summed E-state index contributed by atoms with van der Waals surface area (Å²) in [4.78, 5) is 31.9. The number of aliphatic imine (C=N–C) groups is 1. The number of carbonyl (C=O) groups excluding carboxylic acids is 2. The topological polar surface area (TPSA) is 80.2 Å². The van der Waals surface area contributed by atoms with Crippen LogP contribution in [0, 0.1) is 5.82 Å². The van der Waals surface area contributed by atoms with Crippen LogP contribution >= 0.6 is 11.8 Å². The molecule has 0 bridgehead atoms. The fourth-order valence-corrected chi connectivity index (χ4v) is 4.77. The van der Waals surface area contributed by atoms with E-state index >= 15 is 0 Å². The first kappa shape index (κ1) is 22.6. The summed E-state index contributed by atoms with van der Waals surface area (Å²) in [6.07, 6.45) is 0.0303. The number of nitrogens with zero attached hydrogens (tertiary/aromatic N) is 2. The molecular weight excluding hydrogens is 445 g/mol. The smallest absolute Gasteiger partial charge is 0.338 e. The van der Waals surface area contributed by atoms with Gasteiger partial charge in [-0.05, 0) is 42.2 Å². The second-order valence-electron chi connectivity index (χ2n) is 7.40. The predicted octanol–water partition coefficient (Wildman–Crippen LogP) is 4.61. The highest BCUT2D eigenvalue weighted by Gasteiger charge is 2.41. The number of allylic oxidation sites excluding steroid dienone is 1. The van der Waals surface area contributed by atoms with Crippen LogP contribution in [0.1, 0.15) is 24.9 Å². The number of amidine groups is 1. The minimum absolute atomic E-state index is 0.0303. The summed E-state index contributed by atoms with van der Waals surface area (Å²) in [6.45, 7) is 1.72. The Morgan fingerprint density at radius 2 is 1.97 bits per heavy atom. The lowest BCUT2D eigenvalue weighted by Crippen LogP contribution is -2.37. The molecule has 1 amide bonds. The van der Waals surface area contributed by atoms with E-state index in [0.717, 1.165) is 0 Å². The number of esters is 1. The number of halogens is 1. The van der Waals surface area contributed by atoms with Gasteiger partial charge in [-0.2, -0.15) is 0 Å². The van der Waals surface area contributed by atoms with E-state index in [1.54, 1.807) is 55.3 Å². The number of rotatable bonds is 6. The van der Waals surface area contributed by atoms with Crippen LogP contribution in [0.3, 0.4) is 0 Å². The Labute approximate surface area is 195 Å². The molecule has 1 unspecified atom stereocenters. The van der Waals surface area contributed by atoms with E-state index in [1.807, 2.05) is 5.41 Å². The van der Waals surface area contributed by atoms with Gasteiger partial charge in [-0.15, -0.1) is 0 Å². The van der Waals surface area contributed by atoms with Gasteiger partial charge in [0.15, 0.2) is 5.17 Å². The van der Waals surface area contributed by atoms with Crippen LogP contribution in [-0.4, -0.2) is 36.2 Å². The summed E-state index contributed by atoms with van der Waals surface area (Å²) < 4.78 is 24.3. The molecule has 2 aliphatic rings. The van der Waals surface area contributed by atoms with Crippen LogP contribution in [0.15, 0.2) is 75.9 Å². The number of carbonyl (C=O) groups is 2. The molecule has 7 nitrogen and oxygen atoms in total. The van der Waals surface area contributed by atoms with Crippen LogP contribution < -0.4 is 10.1 Å². The molecule has 9 heteroatoms. The van der Waals surface area contributed by atoms with Gasteiger partial charge in [0.25, 0.3) is 0 Å². The van der Waals surface area contributed by atoms with Gasteiger partial charge >= 0.3 is 5.97 Å². The van der Waals surface area contributed by atoms with Crippen molar-refractivity contribution in [1.29, 1.82) is 0 Å². The zero-order valence-corrected chi connectivity index (χ0v) is 19.1. The van der Waals surface area contributed by atoms with E-state index in [0.29, 0.717) is 39.1 Å². The third-order valence-electron chi connectivity index (χ3n) is 5.27. The Bertz CT molecular complexity index is 1210. The molecule has 2 aromatic carbocycles. The van der Waals surface area contributed by atoms with E-state index in [4.69, 9.17) is 9.47 Å². The molecule has 1 atom stereocenters. The molecule has 0 fully saturated rings. The van der Waals surface area contributed by atoms with E-state index < -0.39 is 17.8 Å². The molecule has 170 valence electrons. The normalized spacial score (nSPS) is 17.2. The molecule has 1 N–H and O–H groups in total. The molecular formula is C24H22FN3O4S. The number of ether oxygens (including phenoxy) is 2. The van der Waals surface area contributed by atoms with Crippen LogP contribution in [0.4, 0.5) is 10.1 Å². The molecule has 0 aromatic heterocycles. The van der Waals surface area contributed by atoms with Gasteiger partial charge in [0.05, 0.1) is 38.0 Å². The predicted molar refractivity (Wildman–Crippen MR) is 125 cm³/mol. The Kier molecular flexibility index (Phi) is 6.50. The van der Waals surface area contributed by atoms with Crippen molar-refractivity contribution in [3.63, 3.8) is 0 Å². The van der Waals surface area contributed by atoms with E-state index in [9.17, 15) is 14.0 Å². The minimum Gasteiger partial charge on any atom is -0.497 e. The van der Waals surface area contributed by atoms with Crippen molar-refractivity contribution in [3.05, 3.63) is 82.3 Å². The Balaban J connectivity index is 1.65. The molecule has 0 radical (unpaired) electrons. The van der Waals surface area contributed by atoms with Crippen molar-refractivity contribution < 1.29 is 23.5 Å². The first-order valence-electron chi connectivity index (χ1n) is 10.1. The minimum atomic E-state index is -0.675. The highest BCUT2D eigenvalue weighted by Crippen LogP contribution is 2.44. The lowest BCUT2D eigenvalue weighted by atomic mass is 9.94. The lowest BCUT2D eigenvalue weighted by molar-refractivity contribution is -0.136. The lowest BCUT2D eigenvalue weighted by Gasteiger charge is -2.36. The van der Waals surface area contributed by atoms with Crippen molar-refractivity contribution in [3.8, 4) is 5.75 Å². The number of methoxy groups -OCH3 is 2. The van der Waals surface area contributed by atoms with E-state index in [2.05, 4.69) is 10.3 Å². The Morgan fingerprint density at radius 3 is 2.70 bits per heavy atom. The largest absolute Gasteiger partial charge is 0.497 e. The molecule has 2 aromatic rings. The second-order valence-corrected chi connectivity index (χ2v) is 8.23. The zero-order valence-electron chi connectivity index (χ0n) is 18.3. The van der Waals surface area contributed by atoms with Gasteiger partial charge in [0.1, 0.15) is 11.6 Å². The molecule has 0 saturated heterocycles. The number of thioether (sulfide) groups is 1. The standard InChI is InChI=1S/C24H22FN3O4S/c1-14-21(23(30)32-3)22(15-6-4-7-16(25)10-15)28-18(13-33-24(28)26-14)12-20(29)27-17-8-5-9-19(11-17)31-2/h4-11,13,22H,12H2,1-3H3,(H,27,29). The van der Waals surface area contributed by atoms with Crippen LogP contribution in [-0.2, 0) is 14.3 Å². The van der Waals surface area contributed by atoms with Crippen molar-refractivity contribution in [2.75, 3.05) is 19.5 Å². The Morgan fingerprint density at radius 1 is 1.18 bits per heavy atom. The third kappa shape index (κ3) is 4.63. The van der Waals surface area contributed by atoms with Crippen molar-refractivity contribution in [1.82, 2.24) is 4.90 Å². The van der Waals surface area contributed by atoms with Gasteiger partial charge in [-0.3, -0.25) is 4.79 Å².